The van der Waals surface area contributed by atoms with Crippen molar-refractivity contribution in [3.8, 4) is 5.97 Å². The zero-order valence-corrected chi connectivity index (χ0v) is 27.9. The van der Waals surface area contributed by atoms with E-state index in [4.69, 9.17) is 0 Å². The van der Waals surface area contributed by atoms with Crippen molar-refractivity contribution >= 4 is 51.9 Å². The molecule has 41 heavy (non-hydrogen) atoms. The van der Waals surface area contributed by atoms with Crippen LogP contribution in [0.3, 0.4) is 0 Å². The van der Waals surface area contributed by atoms with Crippen LogP contribution in [0.5, 0.6) is 0 Å². The molecule has 0 bridgehead atoms. The van der Waals surface area contributed by atoms with E-state index < -0.39 is 24.9 Å². The molecule has 0 aliphatic heterocycles. The molecule has 0 atom stereocenters. The number of nitriles is 1. The molecule has 0 aliphatic rings. The van der Waals surface area contributed by atoms with Crippen molar-refractivity contribution in [3.63, 3.8) is 0 Å². The number of aryl methyl sites for hydroxylation is 6. The molecule has 0 aliphatic carbocycles. The number of hydrogen-bond acceptors (Lipinski definition) is 1. The summed E-state index contributed by atoms with van der Waals surface area (Å²) < 4.78 is 4.17. The molecule has 0 heterocycles. The second kappa shape index (κ2) is 11.4. The van der Waals surface area contributed by atoms with Gasteiger partial charge in [0.1, 0.15) is 0 Å². The molecule has 3 heteroatoms. The van der Waals surface area contributed by atoms with Gasteiger partial charge in [-0.2, -0.15) is 0 Å². The van der Waals surface area contributed by atoms with Crippen molar-refractivity contribution in [1.82, 2.24) is 0 Å². The van der Waals surface area contributed by atoms with Gasteiger partial charge in [-0.15, -0.1) is 0 Å². The molecule has 0 saturated heterocycles. The van der Waals surface area contributed by atoms with Crippen LogP contribution >= 0.6 is 0 Å². The molecule has 0 amide bonds. The Hall–Kier alpha value is -3.53. The van der Waals surface area contributed by atoms with E-state index in [-0.39, 0.29) is 0 Å². The molecule has 5 aromatic rings. The zero-order chi connectivity index (χ0) is 29.4. The Balaban J connectivity index is 2.00. The molecule has 0 N–H and O–H groups in total. The zero-order valence-electron chi connectivity index (χ0n) is 25.4. The first-order chi connectivity index (χ1) is 19.6. The summed E-state index contributed by atoms with van der Waals surface area (Å²) in [6.45, 7) is 13.1. The summed E-state index contributed by atoms with van der Waals surface area (Å²) in [5, 5.41) is 11.7. The van der Waals surface area contributed by atoms with Gasteiger partial charge in [-0.05, 0) is 0 Å². The van der Waals surface area contributed by atoms with Gasteiger partial charge in [-0.25, -0.2) is 0 Å². The normalized spacial score (nSPS) is 11.8. The minimum atomic E-state index is -3.45. The summed E-state index contributed by atoms with van der Waals surface area (Å²) in [6.07, 6.45) is -1.97. The molecule has 5 aromatic carbocycles. The predicted octanol–water partition coefficient (Wildman–Crippen LogP) is 5.17. The van der Waals surface area contributed by atoms with E-state index in [0.717, 1.165) is 0 Å². The topological polar surface area (TPSA) is 23.8 Å². The molecular weight excluding hydrogens is 603 g/mol. The van der Waals surface area contributed by atoms with E-state index >= 15 is 0 Å². The second-order valence-corrected chi connectivity index (χ2v) is 21.9. The first-order valence-electron chi connectivity index (χ1n) is 14.5. The van der Waals surface area contributed by atoms with Crippen LogP contribution in [0.1, 0.15) is 33.4 Å². The molecule has 0 radical (unpaired) electrons. The average molecular weight is 642 g/mol. The first-order valence-corrected chi connectivity index (χ1v) is 20.8. The van der Waals surface area contributed by atoms with Crippen LogP contribution in [-0.2, 0) is 0 Å². The van der Waals surface area contributed by atoms with Crippen LogP contribution in [0.2, 0.25) is 4.87 Å². The van der Waals surface area contributed by atoms with Gasteiger partial charge in [0.05, 0.1) is 0 Å². The number of benzene rings is 5. The van der Waals surface area contributed by atoms with Crippen molar-refractivity contribution in [2.75, 3.05) is 0 Å². The van der Waals surface area contributed by atoms with Crippen molar-refractivity contribution in [2.24, 2.45) is 0 Å². The quantitative estimate of drug-likeness (QED) is 0.235. The van der Waals surface area contributed by atoms with Crippen LogP contribution in [0.25, 0.3) is 0 Å². The average Bonchev–Trinajstić information content (AvgIpc) is 2.96. The summed E-state index contributed by atoms with van der Waals surface area (Å²) in [5.74, 6) is 3.08. The maximum absolute atomic E-state index is 11.7. The van der Waals surface area contributed by atoms with Crippen molar-refractivity contribution in [2.45, 2.75) is 46.4 Å². The van der Waals surface area contributed by atoms with Gasteiger partial charge in [0.2, 0.25) is 0 Å². The Labute approximate surface area is 250 Å². The second-order valence-electron chi connectivity index (χ2n) is 11.9. The van der Waals surface area contributed by atoms with Gasteiger partial charge >= 0.3 is 252 Å². The summed E-state index contributed by atoms with van der Waals surface area (Å²) >= 11 is -3.45. The number of nitrogens with zero attached hydrogens (tertiary/aromatic N) is 1. The Kier molecular flexibility index (Phi) is 8.05. The van der Waals surface area contributed by atoms with Crippen molar-refractivity contribution in [1.29, 1.82) is 5.26 Å². The summed E-state index contributed by atoms with van der Waals surface area (Å²) in [4.78, 5) is 2.52. The number of rotatable bonds is 6. The minimum absolute atomic E-state index is 1.17. The summed E-state index contributed by atoms with van der Waals surface area (Å²) in [6, 6.07) is 40.1. The molecule has 0 fully saturated rings. The van der Waals surface area contributed by atoms with E-state index in [1.54, 1.807) is 0 Å². The van der Waals surface area contributed by atoms with Crippen molar-refractivity contribution in [3.05, 3.63) is 143 Å². The Bertz CT molecular complexity index is 1620. The van der Waals surface area contributed by atoms with E-state index in [0.29, 0.717) is 0 Å². The fourth-order valence-corrected chi connectivity index (χ4v) is 17.7. The SMILES string of the molecule is Cc1cc(C)c([B-](C#N)(c2cccc[c]2[Sb+]([CH3])([c]2ccccc2)[c]2ccccc2)c2c(C)cc(C)cc2C)c(C)c1. The summed E-state index contributed by atoms with van der Waals surface area (Å²) in [5.41, 5.74) is 10.7. The predicted molar refractivity (Wildman–Crippen MR) is 181 cm³/mol. The van der Waals surface area contributed by atoms with Gasteiger partial charge in [-0.3, -0.25) is 0 Å². The molecule has 0 saturated carbocycles. The number of hydrogen-bond donors (Lipinski definition) is 0. The van der Waals surface area contributed by atoms with Crippen LogP contribution in [0.15, 0.2) is 109 Å². The van der Waals surface area contributed by atoms with Gasteiger partial charge < -0.3 is 0 Å². The standard InChI is InChI=1S/C25H26BN.2C6H5.CH3.Sb/c1-17-12-19(3)24(20(4)13-17)26(16-27,23-10-8-7-9-11-23)25-21(5)14-18(2)15-22(25)6;2*1-2-4-6-5-3-1;;/h7-10,12-15H,1-6H3;2*1-5H;1H3;/q-1;;;;+1. The Morgan fingerprint density at radius 3 is 1.29 bits per heavy atom. The molecule has 0 spiro atoms. The van der Waals surface area contributed by atoms with Gasteiger partial charge in [0.15, 0.2) is 0 Å². The van der Waals surface area contributed by atoms with E-state index in [1.807, 2.05) is 0 Å². The molecule has 204 valence electrons. The third-order valence-electron chi connectivity index (χ3n) is 8.97. The van der Waals surface area contributed by atoms with Gasteiger partial charge in [-0.1, -0.05) is 0 Å². The van der Waals surface area contributed by atoms with Gasteiger partial charge in [0, 0.05) is 0 Å². The molecule has 5 rings (SSSR count). The van der Waals surface area contributed by atoms with Gasteiger partial charge in [0.25, 0.3) is 0 Å². The van der Waals surface area contributed by atoms with Crippen LogP contribution in [-0.4, -0.2) is 24.9 Å². The Morgan fingerprint density at radius 1 is 0.537 bits per heavy atom. The van der Waals surface area contributed by atoms with Crippen LogP contribution in [0, 0.1) is 52.8 Å². The van der Waals surface area contributed by atoms with Crippen LogP contribution in [0.4, 0.5) is 0 Å². The Morgan fingerprint density at radius 2 is 0.902 bits per heavy atom. The van der Waals surface area contributed by atoms with Crippen LogP contribution < -0.4 is 26.9 Å². The summed E-state index contributed by atoms with van der Waals surface area (Å²) in [7, 11) is 0. The molecule has 0 aromatic heterocycles. The fourth-order valence-electron chi connectivity index (χ4n) is 7.54. The maximum atomic E-state index is 11.7. The van der Waals surface area contributed by atoms with Crippen molar-refractivity contribution < 1.29 is 0 Å². The molecule has 0 unspecified atom stereocenters. The third kappa shape index (κ3) is 4.86. The van der Waals surface area contributed by atoms with E-state index in [2.05, 4.69) is 162 Å². The molecular formula is C38H39BNSb. The first kappa shape index (κ1) is 29.0. The van der Waals surface area contributed by atoms with E-state index in [1.165, 1.54) is 60.3 Å². The fraction of sp³-hybridized carbons (Fsp3) is 0.184. The monoisotopic (exact) mass is 641 g/mol. The molecule has 1 nitrogen and oxygen atoms in total. The van der Waals surface area contributed by atoms with E-state index in [9.17, 15) is 5.26 Å². The third-order valence-corrected chi connectivity index (χ3v) is 20.5.